The maximum atomic E-state index is 12.0. The molecule has 3 fully saturated rings. The molecule has 39 heavy (non-hydrogen) atoms. The summed E-state index contributed by atoms with van der Waals surface area (Å²) in [5.41, 5.74) is 2.06. The quantitative estimate of drug-likeness (QED) is 0.138. The summed E-state index contributed by atoms with van der Waals surface area (Å²) in [6, 6.07) is 8.21. The molecule has 0 radical (unpaired) electrons. The molecule has 218 valence electrons. The summed E-state index contributed by atoms with van der Waals surface area (Å²) in [4.78, 5) is 14.3. The number of hydrogen-bond acceptors (Lipinski definition) is 6. The molecule has 3 aliphatic rings. The van der Waals surface area contributed by atoms with Crippen LogP contribution in [0.1, 0.15) is 93.8 Å². The Bertz CT molecular complexity index is 881. The molecule has 0 spiro atoms. The molecule has 1 aromatic rings. The van der Waals surface area contributed by atoms with Gasteiger partial charge in [0.2, 0.25) is 0 Å². The van der Waals surface area contributed by atoms with E-state index < -0.39 is 12.2 Å². The fourth-order valence-electron chi connectivity index (χ4n) is 6.56. The SMILES string of the molecule is O=C(CCC/C=C\C[C@@H]1[C@@H](c2ccc(C(O)CC3CCCCC3)cc2)[C@H](O)C[C@H]1Cl)OCCN1CCOCC1. The molecule has 5 atom stereocenters. The topological polar surface area (TPSA) is 79.2 Å². The second-order valence-electron chi connectivity index (χ2n) is 11.7. The van der Waals surface area contributed by atoms with Gasteiger partial charge >= 0.3 is 5.97 Å². The number of carbonyl (C=O) groups excluding carboxylic acids is 1. The van der Waals surface area contributed by atoms with Crippen LogP contribution in [0.25, 0.3) is 0 Å². The minimum atomic E-state index is -0.462. The fourth-order valence-corrected chi connectivity index (χ4v) is 7.00. The lowest BCUT2D eigenvalue weighted by Crippen LogP contribution is -2.38. The van der Waals surface area contributed by atoms with Crippen LogP contribution in [-0.2, 0) is 14.3 Å². The number of unbranched alkanes of at least 4 members (excludes halogenated alkanes) is 1. The summed E-state index contributed by atoms with van der Waals surface area (Å²) in [5.74, 6) is 0.636. The summed E-state index contributed by atoms with van der Waals surface area (Å²) in [5, 5.41) is 21.5. The summed E-state index contributed by atoms with van der Waals surface area (Å²) < 4.78 is 10.7. The first kappa shape index (κ1) is 30.5. The van der Waals surface area contributed by atoms with Crippen LogP contribution in [-0.4, -0.2) is 72.0 Å². The Morgan fingerprint density at radius 1 is 1.13 bits per heavy atom. The van der Waals surface area contributed by atoms with E-state index in [-0.39, 0.29) is 23.2 Å². The van der Waals surface area contributed by atoms with Gasteiger partial charge in [0.15, 0.2) is 0 Å². The predicted molar refractivity (Wildman–Crippen MR) is 155 cm³/mol. The van der Waals surface area contributed by atoms with Crippen molar-refractivity contribution in [2.75, 3.05) is 39.5 Å². The van der Waals surface area contributed by atoms with E-state index in [1.54, 1.807) is 0 Å². The highest BCUT2D eigenvalue weighted by molar-refractivity contribution is 6.21. The number of nitrogens with zero attached hydrogens (tertiary/aromatic N) is 1. The predicted octanol–water partition coefficient (Wildman–Crippen LogP) is 5.75. The molecule has 2 N–H and O–H groups in total. The van der Waals surface area contributed by atoms with Crippen LogP contribution in [0.2, 0.25) is 0 Å². The van der Waals surface area contributed by atoms with Gasteiger partial charge < -0.3 is 19.7 Å². The molecule has 0 bridgehead atoms. The first-order valence-corrected chi connectivity index (χ1v) is 15.7. The molecular weight excluding hydrogens is 514 g/mol. The highest BCUT2D eigenvalue weighted by Crippen LogP contribution is 2.45. The molecule has 1 aliphatic heterocycles. The Morgan fingerprint density at radius 3 is 2.62 bits per heavy atom. The van der Waals surface area contributed by atoms with E-state index in [2.05, 4.69) is 29.2 Å². The number of esters is 1. The van der Waals surface area contributed by atoms with Crippen LogP contribution < -0.4 is 0 Å². The first-order valence-electron chi connectivity index (χ1n) is 15.2. The van der Waals surface area contributed by atoms with Gasteiger partial charge in [0, 0.05) is 37.4 Å². The molecule has 1 saturated heterocycles. The Balaban J connectivity index is 1.18. The van der Waals surface area contributed by atoms with Crippen molar-refractivity contribution in [3.05, 3.63) is 47.5 Å². The first-order chi connectivity index (χ1) is 19.0. The lowest BCUT2D eigenvalue weighted by molar-refractivity contribution is -0.144. The number of halogens is 1. The molecule has 2 saturated carbocycles. The average Bonchev–Trinajstić information content (AvgIpc) is 3.24. The van der Waals surface area contributed by atoms with Crippen LogP contribution in [0.3, 0.4) is 0 Å². The molecule has 0 aromatic heterocycles. The number of rotatable bonds is 13. The van der Waals surface area contributed by atoms with E-state index in [9.17, 15) is 15.0 Å². The normalized spacial score (nSPS) is 27.7. The van der Waals surface area contributed by atoms with Crippen molar-refractivity contribution >= 4 is 17.6 Å². The Hall–Kier alpha value is -1.44. The Kier molecular flexibility index (Phi) is 12.6. The van der Waals surface area contributed by atoms with Gasteiger partial charge in [0.05, 0.1) is 25.4 Å². The van der Waals surface area contributed by atoms with E-state index in [4.69, 9.17) is 21.1 Å². The summed E-state index contributed by atoms with van der Waals surface area (Å²) in [6.45, 7) is 4.52. The van der Waals surface area contributed by atoms with Crippen molar-refractivity contribution in [1.82, 2.24) is 4.90 Å². The minimum absolute atomic E-state index is 0.0110. The number of aliphatic hydroxyl groups is 2. The lowest BCUT2D eigenvalue weighted by atomic mass is 9.83. The molecule has 7 heteroatoms. The van der Waals surface area contributed by atoms with E-state index >= 15 is 0 Å². The van der Waals surface area contributed by atoms with Crippen LogP contribution in [0, 0.1) is 11.8 Å². The van der Waals surface area contributed by atoms with Gasteiger partial charge in [-0.2, -0.15) is 0 Å². The van der Waals surface area contributed by atoms with E-state index in [0.29, 0.717) is 25.4 Å². The molecule has 6 nitrogen and oxygen atoms in total. The number of morpholine rings is 1. The molecular formula is C32H48ClNO5. The standard InChI is InChI=1S/C32H48ClNO5/c33-28-23-30(36)32(26-14-12-25(13-15-26)29(35)22-24-8-4-3-5-9-24)27(28)10-6-1-2-7-11-31(37)39-21-18-34-16-19-38-20-17-34/h1,6,12-15,24,27-30,32,35-36H,2-5,7-11,16-23H2/b6-1-/t27-,28+,29?,30+,32+/m0/s1. The number of allylic oxidation sites excluding steroid dienone is 2. The molecule has 4 rings (SSSR count). The Labute approximate surface area is 239 Å². The highest BCUT2D eigenvalue weighted by atomic mass is 35.5. The molecule has 2 aliphatic carbocycles. The number of ether oxygens (including phenoxy) is 2. The van der Waals surface area contributed by atoms with Crippen LogP contribution in [0.15, 0.2) is 36.4 Å². The van der Waals surface area contributed by atoms with Crippen LogP contribution >= 0.6 is 11.6 Å². The van der Waals surface area contributed by atoms with Gasteiger partial charge in [0.1, 0.15) is 6.61 Å². The van der Waals surface area contributed by atoms with Gasteiger partial charge in [-0.1, -0.05) is 68.5 Å². The van der Waals surface area contributed by atoms with E-state index in [1.807, 2.05) is 12.1 Å². The summed E-state index contributed by atoms with van der Waals surface area (Å²) in [6.07, 6.45) is 14.0. The second-order valence-corrected chi connectivity index (χ2v) is 12.3. The van der Waals surface area contributed by atoms with Crippen molar-refractivity contribution in [2.45, 2.75) is 94.1 Å². The van der Waals surface area contributed by atoms with Gasteiger partial charge in [-0.3, -0.25) is 9.69 Å². The zero-order chi connectivity index (χ0) is 27.5. The zero-order valence-electron chi connectivity index (χ0n) is 23.4. The number of hydrogen-bond donors (Lipinski definition) is 2. The van der Waals surface area contributed by atoms with Gasteiger partial charge in [-0.15, -0.1) is 11.6 Å². The molecule has 1 heterocycles. The maximum Gasteiger partial charge on any atom is 0.305 e. The van der Waals surface area contributed by atoms with Crippen molar-refractivity contribution in [3.8, 4) is 0 Å². The third-order valence-electron chi connectivity index (χ3n) is 8.90. The van der Waals surface area contributed by atoms with Crippen molar-refractivity contribution in [2.24, 2.45) is 11.8 Å². The van der Waals surface area contributed by atoms with Gasteiger partial charge in [0.25, 0.3) is 0 Å². The number of aliphatic hydroxyl groups excluding tert-OH is 2. The second kappa shape index (κ2) is 16.1. The lowest BCUT2D eigenvalue weighted by Gasteiger charge is -2.26. The average molecular weight is 562 g/mol. The van der Waals surface area contributed by atoms with Crippen molar-refractivity contribution < 1.29 is 24.5 Å². The number of benzene rings is 1. The van der Waals surface area contributed by atoms with Crippen molar-refractivity contribution in [1.29, 1.82) is 0 Å². The largest absolute Gasteiger partial charge is 0.464 e. The third kappa shape index (κ3) is 9.57. The van der Waals surface area contributed by atoms with Crippen LogP contribution in [0.4, 0.5) is 0 Å². The van der Waals surface area contributed by atoms with Crippen LogP contribution in [0.5, 0.6) is 0 Å². The van der Waals surface area contributed by atoms with E-state index in [1.165, 1.54) is 32.1 Å². The number of alkyl halides is 1. The summed E-state index contributed by atoms with van der Waals surface area (Å²) in [7, 11) is 0. The summed E-state index contributed by atoms with van der Waals surface area (Å²) >= 11 is 6.69. The Morgan fingerprint density at radius 2 is 1.87 bits per heavy atom. The fraction of sp³-hybridized carbons (Fsp3) is 0.719. The van der Waals surface area contributed by atoms with Gasteiger partial charge in [-0.05, 0) is 55.1 Å². The monoisotopic (exact) mass is 561 g/mol. The third-order valence-corrected chi connectivity index (χ3v) is 9.40. The highest BCUT2D eigenvalue weighted by Gasteiger charge is 2.41. The molecule has 0 amide bonds. The maximum absolute atomic E-state index is 12.0. The smallest absolute Gasteiger partial charge is 0.305 e. The van der Waals surface area contributed by atoms with Crippen molar-refractivity contribution in [3.63, 3.8) is 0 Å². The minimum Gasteiger partial charge on any atom is -0.464 e. The molecule has 1 aromatic carbocycles. The zero-order valence-corrected chi connectivity index (χ0v) is 24.1. The van der Waals surface area contributed by atoms with Gasteiger partial charge in [-0.25, -0.2) is 0 Å². The molecule has 1 unspecified atom stereocenters. The van der Waals surface area contributed by atoms with E-state index in [0.717, 1.165) is 69.7 Å². The number of carbonyl (C=O) groups is 1.